The Bertz CT molecular complexity index is 36.7. The van der Waals surface area contributed by atoms with E-state index >= 15 is 0 Å². The van der Waals surface area contributed by atoms with Gasteiger partial charge in [0, 0.05) is 13.1 Å². The molecule has 0 spiro atoms. The van der Waals surface area contributed by atoms with Crippen LogP contribution in [-0.2, 0) is 0 Å². The van der Waals surface area contributed by atoms with Gasteiger partial charge in [0.2, 0.25) is 0 Å². The van der Waals surface area contributed by atoms with Gasteiger partial charge in [-0.25, -0.2) is 0 Å². The van der Waals surface area contributed by atoms with Crippen LogP contribution in [0.5, 0.6) is 0 Å². The average molecular weight is 140 g/mol. The first kappa shape index (κ1) is 12.6. The van der Waals surface area contributed by atoms with Crippen LogP contribution in [0.4, 0.5) is 0 Å². The summed E-state index contributed by atoms with van der Waals surface area (Å²) in [5.41, 5.74) is 9.81. The van der Waals surface area contributed by atoms with Crippen LogP contribution < -0.4 is 41.0 Å². The quantitative estimate of drug-likeness (QED) is 0.398. The van der Waals surface area contributed by atoms with Crippen molar-refractivity contribution in [1.29, 1.82) is 0 Å². The SMILES string of the molecule is C1CCC1.NCCN.[H-].[Na+]. The monoisotopic (exact) mass is 140 g/mol. The molecule has 0 aromatic heterocycles. The first-order valence-corrected chi connectivity index (χ1v) is 3.32. The van der Waals surface area contributed by atoms with Crippen molar-refractivity contribution in [2.75, 3.05) is 13.1 Å². The Balaban J connectivity index is -0.0000000817. The van der Waals surface area contributed by atoms with Gasteiger partial charge in [-0.2, -0.15) is 0 Å². The summed E-state index contributed by atoms with van der Waals surface area (Å²) in [5, 5.41) is 0. The third kappa shape index (κ3) is 12.2. The number of hydrogen-bond acceptors (Lipinski definition) is 2. The van der Waals surface area contributed by atoms with E-state index in [1.807, 2.05) is 0 Å². The van der Waals surface area contributed by atoms with E-state index in [0.29, 0.717) is 13.1 Å². The largest absolute Gasteiger partial charge is 1.00 e. The van der Waals surface area contributed by atoms with Crippen LogP contribution >= 0.6 is 0 Å². The van der Waals surface area contributed by atoms with E-state index in [0.717, 1.165) is 0 Å². The van der Waals surface area contributed by atoms with E-state index in [-0.39, 0.29) is 31.0 Å². The van der Waals surface area contributed by atoms with Crippen LogP contribution in [0.3, 0.4) is 0 Å². The molecule has 3 heteroatoms. The van der Waals surface area contributed by atoms with Crippen molar-refractivity contribution in [3.05, 3.63) is 0 Å². The molecule has 0 heterocycles. The first-order valence-electron chi connectivity index (χ1n) is 3.32. The van der Waals surface area contributed by atoms with E-state index in [1.54, 1.807) is 0 Å². The van der Waals surface area contributed by atoms with Crippen LogP contribution in [0, 0.1) is 0 Å². The maximum absolute atomic E-state index is 4.90. The molecule has 0 unspecified atom stereocenters. The second kappa shape index (κ2) is 11.7. The van der Waals surface area contributed by atoms with Crippen molar-refractivity contribution in [1.82, 2.24) is 0 Å². The van der Waals surface area contributed by atoms with Crippen molar-refractivity contribution in [2.45, 2.75) is 25.7 Å². The van der Waals surface area contributed by atoms with Crippen molar-refractivity contribution in [2.24, 2.45) is 11.5 Å². The minimum atomic E-state index is 0. The molecule has 1 aliphatic rings. The molecule has 0 aromatic rings. The molecule has 1 saturated carbocycles. The first-order chi connectivity index (χ1) is 3.91. The number of hydrogen-bond donors (Lipinski definition) is 2. The summed E-state index contributed by atoms with van der Waals surface area (Å²) in [7, 11) is 0. The third-order valence-electron chi connectivity index (χ3n) is 1.17. The Morgan fingerprint density at radius 2 is 1.11 bits per heavy atom. The summed E-state index contributed by atoms with van der Waals surface area (Å²) in [5.74, 6) is 0. The van der Waals surface area contributed by atoms with Crippen LogP contribution in [-0.4, -0.2) is 13.1 Å². The van der Waals surface area contributed by atoms with Gasteiger partial charge in [0.25, 0.3) is 0 Å². The van der Waals surface area contributed by atoms with E-state index in [1.165, 1.54) is 25.7 Å². The molecular formula is C6H17N2Na. The van der Waals surface area contributed by atoms with Crippen LogP contribution in [0.15, 0.2) is 0 Å². The standard InChI is InChI=1S/C4H8.C2H8N2.Na.H/c1-2-4-3-1;3-1-2-4;;/h2*1-4H2;;/q;;+1;-1. The van der Waals surface area contributed by atoms with Gasteiger partial charge in [-0.15, -0.1) is 0 Å². The molecule has 1 rings (SSSR count). The maximum Gasteiger partial charge on any atom is 1.00 e. The molecular weight excluding hydrogens is 123 g/mol. The van der Waals surface area contributed by atoms with Crippen LogP contribution in [0.25, 0.3) is 0 Å². The van der Waals surface area contributed by atoms with E-state index in [4.69, 9.17) is 11.5 Å². The van der Waals surface area contributed by atoms with Gasteiger partial charge in [-0.3, -0.25) is 0 Å². The van der Waals surface area contributed by atoms with Gasteiger partial charge in [-0.05, 0) is 0 Å². The zero-order valence-electron chi connectivity index (χ0n) is 7.40. The Morgan fingerprint density at radius 3 is 1.11 bits per heavy atom. The fourth-order valence-electron chi connectivity index (χ4n) is 0.250. The number of nitrogens with two attached hydrogens (primary N) is 2. The molecule has 0 bridgehead atoms. The summed E-state index contributed by atoms with van der Waals surface area (Å²) in [6, 6.07) is 0. The smallest absolute Gasteiger partial charge is 1.00 e. The Kier molecular flexibility index (Phi) is 16.3. The van der Waals surface area contributed by atoms with Gasteiger partial charge >= 0.3 is 29.6 Å². The molecule has 1 aliphatic carbocycles. The van der Waals surface area contributed by atoms with Crippen LogP contribution in [0.1, 0.15) is 27.1 Å². The van der Waals surface area contributed by atoms with Crippen molar-refractivity contribution >= 4 is 0 Å². The second-order valence-electron chi connectivity index (χ2n) is 1.99. The number of rotatable bonds is 1. The summed E-state index contributed by atoms with van der Waals surface area (Å²) in [6.45, 7) is 1.19. The molecule has 0 amide bonds. The molecule has 4 N–H and O–H groups in total. The van der Waals surface area contributed by atoms with Gasteiger partial charge in [0.1, 0.15) is 0 Å². The summed E-state index contributed by atoms with van der Waals surface area (Å²) in [4.78, 5) is 0. The molecule has 2 nitrogen and oxygen atoms in total. The van der Waals surface area contributed by atoms with Gasteiger partial charge in [0.05, 0.1) is 0 Å². The second-order valence-corrected chi connectivity index (χ2v) is 1.99. The average Bonchev–Trinajstić information content (AvgIpc) is 1.61. The molecule has 0 aliphatic heterocycles. The van der Waals surface area contributed by atoms with Crippen molar-refractivity contribution in [3.8, 4) is 0 Å². The molecule has 1 fully saturated rings. The minimum absolute atomic E-state index is 0. The van der Waals surface area contributed by atoms with Gasteiger partial charge < -0.3 is 12.9 Å². The maximum atomic E-state index is 4.90. The molecule has 9 heavy (non-hydrogen) atoms. The van der Waals surface area contributed by atoms with E-state index in [2.05, 4.69) is 0 Å². The summed E-state index contributed by atoms with van der Waals surface area (Å²) in [6.07, 6.45) is 6.00. The third-order valence-corrected chi connectivity index (χ3v) is 1.17. The van der Waals surface area contributed by atoms with E-state index in [9.17, 15) is 0 Å². The van der Waals surface area contributed by atoms with Crippen molar-refractivity contribution < 1.29 is 31.0 Å². The zero-order valence-corrected chi connectivity index (χ0v) is 8.40. The van der Waals surface area contributed by atoms with Gasteiger partial charge in [-0.1, -0.05) is 25.7 Å². The molecule has 0 radical (unpaired) electrons. The van der Waals surface area contributed by atoms with Crippen molar-refractivity contribution in [3.63, 3.8) is 0 Å². The van der Waals surface area contributed by atoms with Gasteiger partial charge in [0.15, 0.2) is 0 Å². The molecule has 0 aromatic carbocycles. The Hall–Kier alpha value is 0.920. The summed E-state index contributed by atoms with van der Waals surface area (Å²) < 4.78 is 0. The zero-order chi connectivity index (χ0) is 6.24. The Morgan fingerprint density at radius 1 is 0.889 bits per heavy atom. The summed E-state index contributed by atoms with van der Waals surface area (Å²) >= 11 is 0. The normalized spacial score (nSPS) is 14.0. The van der Waals surface area contributed by atoms with E-state index < -0.39 is 0 Å². The molecule has 0 atom stereocenters. The fraction of sp³-hybridized carbons (Fsp3) is 1.00. The topological polar surface area (TPSA) is 52.0 Å². The minimum Gasteiger partial charge on any atom is -1.00 e. The predicted molar refractivity (Wildman–Crippen MR) is 37.7 cm³/mol. The Labute approximate surface area is 81.1 Å². The van der Waals surface area contributed by atoms with Crippen LogP contribution in [0.2, 0.25) is 0 Å². The molecule has 0 saturated heterocycles. The predicted octanol–water partition coefficient (Wildman–Crippen LogP) is -2.42. The fourth-order valence-corrected chi connectivity index (χ4v) is 0.250. The molecule has 52 valence electrons.